The third kappa shape index (κ3) is 6.03. The number of anilines is 1. The average molecular weight is 491 g/mol. The summed E-state index contributed by atoms with van der Waals surface area (Å²) in [4.78, 5) is 27.2. The van der Waals surface area contributed by atoms with Crippen molar-refractivity contribution in [2.45, 2.75) is 6.42 Å². The number of nitrogens with zero attached hydrogens (tertiary/aromatic N) is 1. The number of carbonyl (C=O) groups excluding carboxylic acids is 2. The Morgan fingerprint density at radius 3 is 2.47 bits per heavy atom. The maximum atomic E-state index is 12.9. The molecule has 3 aromatic carbocycles. The van der Waals surface area contributed by atoms with Gasteiger partial charge in [0, 0.05) is 18.7 Å². The van der Waals surface area contributed by atoms with Crippen molar-refractivity contribution < 1.29 is 19.1 Å². The van der Waals surface area contributed by atoms with Crippen LogP contribution in [0.1, 0.15) is 12.0 Å². The van der Waals surface area contributed by atoms with Crippen molar-refractivity contribution in [1.82, 2.24) is 4.90 Å². The quantitative estimate of drug-likeness (QED) is 0.322. The molecular formula is C26H22N2O4S2. The van der Waals surface area contributed by atoms with Crippen LogP contribution in [0.2, 0.25) is 0 Å². The Balaban J connectivity index is 1.36. The standard InChI is InChI=1S/C26H22N2O4S2/c1-31-20-12-10-19(11-13-20)27-24(29)14-15-28-25(30)23(34-26(28)33)17-18-6-5-9-22(16-18)32-21-7-3-2-4-8-21/h2-13,16-17H,14-15H2,1H3,(H,27,29)/b23-17-. The van der Waals surface area contributed by atoms with Crippen molar-refractivity contribution >= 4 is 51.9 Å². The lowest BCUT2D eigenvalue weighted by atomic mass is 10.2. The van der Waals surface area contributed by atoms with Gasteiger partial charge in [0.15, 0.2) is 0 Å². The van der Waals surface area contributed by atoms with Gasteiger partial charge in [0.25, 0.3) is 5.91 Å². The molecule has 1 saturated heterocycles. The van der Waals surface area contributed by atoms with Gasteiger partial charge >= 0.3 is 0 Å². The number of thiocarbonyl (C=S) groups is 1. The van der Waals surface area contributed by atoms with Crippen molar-refractivity contribution in [3.63, 3.8) is 0 Å². The summed E-state index contributed by atoms with van der Waals surface area (Å²) in [7, 11) is 1.58. The zero-order valence-electron chi connectivity index (χ0n) is 18.4. The second-order valence-electron chi connectivity index (χ2n) is 7.35. The van der Waals surface area contributed by atoms with Gasteiger partial charge in [-0.3, -0.25) is 14.5 Å². The highest BCUT2D eigenvalue weighted by molar-refractivity contribution is 8.26. The third-order valence-corrected chi connectivity index (χ3v) is 6.32. The molecule has 0 atom stereocenters. The number of hydrogen-bond donors (Lipinski definition) is 1. The maximum absolute atomic E-state index is 12.9. The molecular weight excluding hydrogens is 468 g/mol. The molecule has 0 spiro atoms. The van der Waals surface area contributed by atoms with Crippen LogP contribution in [-0.2, 0) is 9.59 Å². The van der Waals surface area contributed by atoms with Crippen LogP contribution in [-0.4, -0.2) is 34.7 Å². The minimum absolute atomic E-state index is 0.131. The predicted octanol–water partition coefficient (Wildman–Crippen LogP) is 5.72. The number of benzene rings is 3. The smallest absolute Gasteiger partial charge is 0.266 e. The highest BCUT2D eigenvalue weighted by Gasteiger charge is 2.32. The molecule has 0 saturated carbocycles. The normalized spacial score (nSPS) is 14.4. The summed E-state index contributed by atoms with van der Waals surface area (Å²) < 4.78 is 11.4. The first-order chi connectivity index (χ1) is 16.5. The highest BCUT2D eigenvalue weighted by atomic mass is 32.2. The maximum Gasteiger partial charge on any atom is 0.266 e. The number of thioether (sulfide) groups is 1. The summed E-state index contributed by atoms with van der Waals surface area (Å²) in [5.41, 5.74) is 1.49. The number of para-hydroxylation sites is 1. The molecule has 1 heterocycles. The molecule has 6 nitrogen and oxygen atoms in total. The lowest BCUT2D eigenvalue weighted by Crippen LogP contribution is -2.31. The van der Waals surface area contributed by atoms with Crippen LogP contribution in [0, 0.1) is 0 Å². The fourth-order valence-electron chi connectivity index (χ4n) is 3.25. The zero-order chi connectivity index (χ0) is 23.9. The summed E-state index contributed by atoms with van der Waals surface area (Å²) in [5.74, 6) is 1.71. The molecule has 0 radical (unpaired) electrons. The van der Waals surface area contributed by atoms with Crippen molar-refractivity contribution in [1.29, 1.82) is 0 Å². The molecule has 0 aromatic heterocycles. The molecule has 1 N–H and O–H groups in total. The lowest BCUT2D eigenvalue weighted by molar-refractivity contribution is -0.122. The molecule has 4 rings (SSSR count). The fraction of sp³-hybridized carbons (Fsp3) is 0.115. The summed E-state index contributed by atoms with van der Waals surface area (Å²) in [5, 5.41) is 2.81. The number of carbonyl (C=O) groups is 2. The first-order valence-corrected chi connectivity index (χ1v) is 11.8. The Labute approximate surface area is 207 Å². The minimum atomic E-state index is -0.207. The second kappa shape index (κ2) is 11.0. The number of hydrogen-bond acceptors (Lipinski definition) is 6. The Morgan fingerprint density at radius 1 is 1.00 bits per heavy atom. The third-order valence-electron chi connectivity index (χ3n) is 4.94. The Kier molecular flexibility index (Phi) is 7.61. The number of methoxy groups -OCH3 is 1. The van der Waals surface area contributed by atoms with Crippen LogP contribution in [0.5, 0.6) is 17.2 Å². The van der Waals surface area contributed by atoms with Crippen LogP contribution in [0.3, 0.4) is 0 Å². The van der Waals surface area contributed by atoms with E-state index in [1.54, 1.807) is 37.5 Å². The van der Waals surface area contributed by atoms with E-state index in [9.17, 15) is 9.59 Å². The summed E-state index contributed by atoms with van der Waals surface area (Å²) in [6, 6.07) is 24.0. The van der Waals surface area contributed by atoms with Gasteiger partial charge in [-0.25, -0.2) is 0 Å². The van der Waals surface area contributed by atoms with Gasteiger partial charge in [0.1, 0.15) is 21.6 Å². The molecule has 1 aliphatic rings. The van der Waals surface area contributed by atoms with Crippen molar-refractivity contribution in [2.24, 2.45) is 0 Å². The average Bonchev–Trinajstić information content (AvgIpc) is 3.11. The van der Waals surface area contributed by atoms with Gasteiger partial charge in [0.2, 0.25) is 5.91 Å². The molecule has 8 heteroatoms. The zero-order valence-corrected chi connectivity index (χ0v) is 20.0. The molecule has 3 aromatic rings. The monoisotopic (exact) mass is 490 g/mol. The van der Waals surface area contributed by atoms with Crippen molar-refractivity contribution in [3.8, 4) is 17.2 Å². The van der Waals surface area contributed by atoms with Crippen LogP contribution < -0.4 is 14.8 Å². The van der Waals surface area contributed by atoms with E-state index >= 15 is 0 Å². The molecule has 0 bridgehead atoms. The number of rotatable bonds is 8. The SMILES string of the molecule is COc1ccc(NC(=O)CCN2C(=O)/C(=C/c3cccc(Oc4ccccc4)c3)SC2=S)cc1. The van der Waals surface area contributed by atoms with Crippen LogP contribution in [0.4, 0.5) is 5.69 Å². The predicted molar refractivity (Wildman–Crippen MR) is 139 cm³/mol. The van der Waals surface area contributed by atoms with Gasteiger partial charge in [-0.2, -0.15) is 0 Å². The highest BCUT2D eigenvalue weighted by Crippen LogP contribution is 2.33. The molecule has 34 heavy (non-hydrogen) atoms. The molecule has 0 aliphatic carbocycles. The van der Waals surface area contributed by atoms with Gasteiger partial charge in [-0.1, -0.05) is 54.3 Å². The van der Waals surface area contributed by atoms with Gasteiger partial charge in [-0.05, 0) is 60.2 Å². The Morgan fingerprint density at radius 2 is 1.74 bits per heavy atom. The topological polar surface area (TPSA) is 67.9 Å². The van der Waals surface area contributed by atoms with Crippen LogP contribution in [0.25, 0.3) is 6.08 Å². The fourth-order valence-corrected chi connectivity index (χ4v) is 4.56. The summed E-state index contributed by atoms with van der Waals surface area (Å²) in [6.07, 6.45) is 1.92. The van der Waals surface area contributed by atoms with E-state index in [0.717, 1.165) is 11.3 Å². The second-order valence-corrected chi connectivity index (χ2v) is 9.02. The molecule has 172 valence electrons. The van der Waals surface area contributed by atoms with E-state index in [2.05, 4.69) is 5.32 Å². The van der Waals surface area contributed by atoms with E-state index in [4.69, 9.17) is 21.7 Å². The Bertz CT molecular complexity index is 1230. The van der Waals surface area contributed by atoms with Crippen molar-refractivity contribution in [2.75, 3.05) is 19.0 Å². The van der Waals surface area contributed by atoms with Crippen molar-refractivity contribution in [3.05, 3.63) is 89.3 Å². The molecule has 0 unspecified atom stereocenters. The summed E-state index contributed by atoms with van der Waals surface area (Å²) in [6.45, 7) is 0.209. The first-order valence-electron chi connectivity index (χ1n) is 10.5. The molecule has 2 amide bonds. The van der Waals surface area contributed by atoms with Crippen LogP contribution in [0.15, 0.2) is 83.8 Å². The minimum Gasteiger partial charge on any atom is -0.497 e. The van der Waals surface area contributed by atoms with E-state index in [0.29, 0.717) is 26.4 Å². The largest absolute Gasteiger partial charge is 0.497 e. The van der Waals surface area contributed by atoms with Gasteiger partial charge in [-0.15, -0.1) is 0 Å². The first kappa shape index (κ1) is 23.5. The van der Waals surface area contributed by atoms with E-state index < -0.39 is 0 Å². The van der Waals surface area contributed by atoms with E-state index in [-0.39, 0.29) is 24.8 Å². The summed E-state index contributed by atoms with van der Waals surface area (Å²) >= 11 is 6.62. The number of amides is 2. The van der Waals surface area contributed by atoms with E-state index in [1.165, 1.54) is 16.7 Å². The number of nitrogens with one attached hydrogen (secondary N) is 1. The number of ether oxygens (including phenoxy) is 2. The van der Waals surface area contributed by atoms with Gasteiger partial charge in [0.05, 0.1) is 12.0 Å². The molecule has 1 fully saturated rings. The van der Waals surface area contributed by atoms with Gasteiger partial charge < -0.3 is 14.8 Å². The van der Waals surface area contributed by atoms with E-state index in [1.807, 2.05) is 54.6 Å². The molecule has 1 aliphatic heterocycles. The van der Waals surface area contributed by atoms with Crippen LogP contribution >= 0.6 is 24.0 Å². The Hall–Kier alpha value is -3.62. The lowest BCUT2D eigenvalue weighted by Gasteiger charge is -2.14.